The topological polar surface area (TPSA) is 81.9 Å². The van der Waals surface area contributed by atoms with Gasteiger partial charge in [-0.2, -0.15) is 0 Å². The lowest BCUT2D eigenvalue weighted by Gasteiger charge is -2.21. The first-order valence-corrected chi connectivity index (χ1v) is 7.78. The predicted octanol–water partition coefficient (Wildman–Crippen LogP) is 3.26. The van der Waals surface area contributed by atoms with Gasteiger partial charge in [-0.05, 0) is 20.3 Å². The van der Waals surface area contributed by atoms with Crippen LogP contribution in [0, 0.1) is 10.1 Å². The Morgan fingerprint density at radius 2 is 1.96 bits per heavy atom. The highest BCUT2D eigenvalue weighted by Crippen LogP contribution is 2.35. The van der Waals surface area contributed by atoms with Crippen LogP contribution in [0.1, 0.15) is 44.0 Å². The molecular formula is C16H24N2O5. The molecule has 0 aromatic heterocycles. The van der Waals surface area contributed by atoms with E-state index in [1.165, 1.54) is 19.2 Å². The second kappa shape index (κ2) is 8.97. The van der Waals surface area contributed by atoms with Crippen LogP contribution in [-0.2, 0) is 0 Å². The maximum atomic E-state index is 12.7. The number of amides is 1. The van der Waals surface area contributed by atoms with Gasteiger partial charge in [0.1, 0.15) is 5.56 Å². The Balaban J connectivity index is 3.31. The summed E-state index contributed by atoms with van der Waals surface area (Å²) < 4.78 is 10.6. The number of unbranched alkanes of at least 4 members (excludes halogenated alkanes) is 1. The largest absolute Gasteiger partial charge is 0.493 e. The van der Waals surface area contributed by atoms with Gasteiger partial charge >= 0.3 is 0 Å². The summed E-state index contributed by atoms with van der Waals surface area (Å²) in [4.78, 5) is 25.1. The SMILES string of the molecule is CCCCN(CC)C(=O)c1cc(OC)c(OCC)cc1[N+](=O)[O-]. The molecule has 23 heavy (non-hydrogen) atoms. The smallest absolute Gasteiger partial charge is 0.286 e. The van der Waals surface area contributed by atoms with Crippen LogP contribution in [-0.4, -0.2) is 42.5 Å². The Morgan fingerprint density at radius 3 is 2.43 bits per heavy atom. The second-order valence-corrected chi connectivity index (χ2v) is 4.95. The fraction of sp³-hybridized carbons (Fsp3) is 0.562. The molecule has 1 aromatic rings. The number of nitro benzene ring substituents is 1. The van der Waals surface area contributed by atoms with Gasteiger partial charge < -0.3 is 14.4 Å². The molecule has 0 atom stereocenters. The van der Waals surface area contributed by atoms with E-state index in [1.54, 1.807) is 11.8 Å². The normalized spacial score (nSPS) is 10.3. The van der Waals surface area contributed by atoms with Crippen LogP contribution in [0.2, 0.25) is 0 Å². The lowest BCUT2D eigenvalue weighted by Crippen LogP contribution is -2.32. The number of hydrogen-bond acceptors (Lipinski definition) is 5. The third kappa shape index (κ3) is 4.58. The Bertz CT molecular complexity index is 560. The fourth-order valence-corrected chi connectivity index (χ4v) is 2.22. The minimum absolute atomic E-state index is 0.0215. The molecule has 0 heterocycles. The van der Waals surface area contributed by atoms with E-state index in [9.17, 15) is 14.9 Å². The van der Waals surface area contributed by atoms with Crippen molar-refractivity contribution in [2.24, 2.45) is 0 Å². The van der Waals surface area contributed by atoms with Gasteiger partial charge in [-0.15, -0.1) is 0 Å². The molecule has 0 radical (unpaired) electrons. The summed E-state index contributed by atoms with van der Waals surface area (Å²) in [5, 5.41) is 11.3. The van der Waals surface area contributed by atoms with Crippen molar-refractivity contribution in [3.63, 3.8) is 0 Å². The van der Waals surface area contributed by atoms with E-state index in [0.717, 1.165) is 12.8 Å². The van der Waals surface area contributed by atoms with E-state index in [2.05, 4.69) is 0 Å². The number of benzene rings is 1. The Kier molecular flexibility index (Phi) is 7.31. The van der Waals surface area contributed by atoms with Gasteiger partial charge in [0.25, 0.3) is 11.6 Å². The molecule has 1 amide bonds. The van der Waals surface area contributed by atoms with Crippen molar-refractivity contribution in [3.05, 3.63) is 27.8 Å². The molecule has 0 aliphatic carbocycles. The molecule has 0 N–H and O–H groups in total. The van der Waals surface area contributed by atoms with Crippen LogP contribution in [0.5, 0.6) is 11.5 Å². The van der Waals surface area contributed by atoms with Crippen LogP contribution in [0.15, 0.2) is 12.1 Å². The van der Waals surface area contributed by atoms with Crippen molar-refractivity contribution in [2.45, 2.75) is 33.6 Å². The summed E-state index contributed by atoms with van der Waals surface area (Å²) in [5.74, 6) is 0.205. The quantitative estimate of drug-likeness (QED) is 0.514. The van der Waals surface area contributed by atoms with Gasteiger partial charge in [0.2, 0.25) is 0 Å². The molecule has 1 aromatic carbocycles. The highest BCUT2D eigenvalue weighted by molar-refractivity contribution is 5.99. The lowest BCUT2D eigenvalue weighted by molar-refractivity contribution is -0.385. The maximum Gasteiger partial charge on any atom is 0.286 e. The summed E-state index contributed by atoms with van der Waals surface area (Å²) in [7, 11) is 1.44. The molecule has 0 saturated carbocycles. The lowest BCUT2D eigenvalue weighted by atomic mass is 10.1. The zero-order chi connectivity index (χ0) is 17.4. The van der Waals surface area contributed by atoms with Crippen LogP contribution < -0.4 is 9.47 Å². The minimum Gasteiger partial charge on any atom is -0.493 e. The standard InChI is InChI=1S/C16H24N2O5/c1-5-8-9-17(6-2)16(19)12-10-14(22-4)15(23-7-3)11-13(12)18(20)21/h10-11H,5-9H2,1-4H3. The van der Waals surface area contributed by atoms with E-state index < -0.39 is 4.92 Å². The molecule has 0 aliphatic heterocycles. The number of rotatable bonds is 9. The highest BCUT2D eigenvalue weighted by Gasteiger charge is 2.27. The first kappa shape index (κ1) is 18.7. The van der Waals surface area contributed by atoms with Crippen molar-refractivity contribution >= 4 is 11.6 Å². The van der Waals surface area contributed by atoms with Crippen molar-refractivity contribution in [3.8, 4) is 11.5 Å². The number of nitrogens with zero attached hydrogens (tertiary/aromatic N) is 2. The Labute approximate surface area is 136 Å². The van der Waals surface area contributed by atoms with E-state index in [1.807, 2.05) is 13.8 Å². The third-order valence-corrected chi connectivity index (χ3v) is 3.46. The van der Waals surface area contributed by atoms with E-state index in [0.29, 0.717) is 25.4 Å². The molecule has 7 nitrogen and oxygen atoms in total. The first-order valence-electron chi connectivity index (χ1n) is 7.78. The summed E-state index contributed by atoms with van der Waals surface area (Å²) in [6.45, 7) is 7.06. The number of ether oxygens (including phenoxy) is 2. The van der Waals surface area contributed by atoms with E-state index >= 15 is 0 Å². The number of nitro groups is 1. The average Bonchev–Trinajstić information content (AvgIpc) is 2.55. The molecular weight excluding hydrogens is 300 g/mol. The van der Waals surface area contributed by atoms with Gasteiger partial charge in [0.15, 0.2) is 11.5 Å². The van der Waals surface area contributed by atoms with Crippen molar-refractivity contribution in [1.82, 2.24) is 4.90 Å². The molecule has 1 rings (SSSR count). The Hall–Kier alpha value is -2.31. The maximum absolute atomic E-state index is 12.7. The van der Waals surface area contributed by atoms with Gasteiger partial charge in [0, 0.05) is 19.2 Å². The van der Waals surface area contributed by atoms with E-state index in [-0.39, 0.29) is 22.9 Å². The summed E-state index contributed by atoms with van der Waals surface area (Å²) in [5.41, 5.74) is -0.248. The van der Waals surface area contributed by atoms with Crippen molar-refractivity contribution in [2.75, 3.05) is 26.8 Å². The van der Waals surface area contributed by atoms with Crippen LogP contribution >= 0.6 is 0 Å². The predicted molar refractivity (Wildman–Crippen MR) is 87.3 cm³/mol. The number of carbonyl (C=O) groups is 1. The van der Waals surface area contributed by atoms with Gasteiger partial charge in [-0.3, -0.25) is 14.9 Å². The third-order valence-electron chi connectivity index (χ3n) is 3.46. The number of carbonyl (C=O) groups excluding carboxylic acids is 1. The second-order valence-electron chi connectivity index (χ2n) is 4.95. The van der Waals surface area contributed by atoms with Crippen LogP contribution in [0.4, 0.5) is 5.69 Å². The summed E-state index contributed by atoms with van der Waals surface area (Å²) in [6.07, 6.45) is 1.79. The monoisotopic (exact) mass is 324 g/mol. The first-order chi connectivity index (χ1) is 11.0. The van der Waals surface area contributed by atoms with E-state index in [4.69, 9.17) is 9.47 Å². The molecule has 7 heteroatoms. The Morgan fingerprint density at radius 1 is 1.26 bits per heavy atom. The van der Waals surface area contributed by atoms with Gasteiger partial charge in [0.05, 0.1) is 24.7 Å². The number of hydrogen-bond donors (Lipinski definition) is 0. The number of methoxy groups -OCH3 is 1. The minimum atomic E-state index is -0.567. The molecule has 128 valence electrons. The zero-order valence-electron chi connectivity index (χ0n) is 14.1. The van der Waals surface area contributed by atoms with Crippen molar-refractivity contribution < 1.29 is 19.2 Å². The highest BCUT2D eigenvalue weighted by atomic mass is 16.6. The van der Waals surface area contributed by atoms with Gasteiger partial charge in [-0.1, -0.05) is 13.3 Å². The average molecular weight is 324 g/mol. The van der Waals surface area contributed by atoms with Crippen molar-refractivity contribution in [1.29, 1.82) is 0 Å². The molecule has 0 bridgehead atoms. The molecule has 0 unspecified atom stereocenters. The van der Waals surface area contributed by atoms with Crippen LogP contribution in [0.25, 0.3) is 0 Å². The summed E-state index contributed by atoms with van der Waals surface area (Å²) >= 11 is 0. The zero-order valence-corrected chi connectivity index (χ0v) is 14.1. The van der Waals surface area contributed by atoms with Gasteiger partial charge in [-0.25, -0.2) is 0 Å². The fourth-order valence-electron chi connectivity index (χ4n) is 2.22. The molecule has 0 aliphatic rings. The van der Waals surface area contributed by atoms with Crippen LogP contribution in [0.3, 0.4) is 0 Å². The molecule has 0 saturated heterocycles. The molecule has 0 spiro atoms. The summed E-state index contributed by atoms with van der Waals surface area (Å²) in [6, 6.07) is 2.64. The molecule has 0 fully saturated rings.